The Bertz CT molecular complexity index is 1400. The maximum Gasteiger partial charge on any atom is 0.262 e. The van der Waals surface area contributed by atoms with Crippen LogP contribution in [0.4, 0.5) is 11.4 Å². The zero-order chi connectivity index (χ0) is 24.7. The van der Waals surface area contributed by atoms with Crippen LogP contribution in [0.15, 0.2) is 108 Å². The monoisotopic (exact) mass is 508 g/mol. The quantitative estimate of drug-likeness (QED) is 0.291. The number of carbonyl (C=O) groups is 1. The van der Waals surface area contributed by atoms with E-state index in [9.17, 15) is 13.2 Å². The van der Waals surface area contributed by atoms with Crippen molar-refractivity contribution in [2.75, 3.05) is 16.6 Å². The summed E-state index contributed by atoms with van der Waals surface area (Å²) in [5.41, 5.74) is 0.999. The third-order valence-corrected chi connectivity index (χ3v) is 6.39. The number of ether oxygens (including phenoxy) is 2. The van der Waals surface area contributed by atoms with Gasteiger partial charge in [-0.1, -0.05) is 48.0 Å². The molecular weight excluding hydrogens is 488 g/mol. The van der Waals surface area contributed by atoms with Gasteiger partial charge in [-0.2, -0.15) is 0 Å². The van der Waals surface area contributed by atoms with Crippen LogP contribution in [0.25, 0.3) is 0 Å². The molecule has 0 saturated carbocycles. The summed E-state index contributed by atoms with van der Waals surface area (Å²) < 4.78 is 38.8. The van der Waals surface area contributed by atoms with Crippen LogP contribution in [0.1, 0.15) is 0 Å². The van der Waals surface area contributed by atoms with Gasteiger partial charge in [0, 0.05) is 11.4 Å². The molecular formula is C26H21ClN2O5S. The molecule has 0 atom stereocenters. The maximum absolute atomic E-state index is 12.6. The van der Waals surface area contributed by atoms with E-state index in [4.69, 9.17) is 21.1 Å². The van der Waals surface area contributed by atoms with Crippen molar-refractivity contribution in [3.8, 4) is 17.2 Å². The maximum atomic E-state index is 12.6. The standard InChI is InChI=1S/C26H21ClN2O5S/c27-24-17-23(35(31,32)29-20-7-3-1-4-8-20)15-16-25(24)33-18-26(30)28-19-11-13-22(14-12-19)34-21-9-5-2-6-10-21/h1-17,29H,18H2,(H,28,30). The highest BCUT2D eigenvalue weighted by Crippen LogP contribution is 2.28. The molecule has 178 valence electrons. The van der Waals surface area contributed by atoms with Gasteiger partial charge in [-0.3, -0.25) is 9.52 Å². The summed E-state index contributed by atoms with van der Waals surface area (Å²) >= 11 is 6.20. The molecule has 0 aliphatic heterocycles. The van der Waals surface area contributed by atoms with Gasteiger partial charge in [0.25, 0.3) is 15.9 Å². The first kappa shape index (κ1) is 24.1. The van der Waals surface area contributed by atoms with Gasteiger partial charge in [0.2, 0.25) is 0 Å². The normalized spacial score (nSPS) is 10.9. The van der Waals surface area contributed by atoms with Crippen molar-refractivity contribution in [2.24, 2.45) is 0 Å². The number of nitrogens with one attached hydrogen (secondary N) is 2. The molecule has 0 fully saturated rings. The van der Waals surface area contributed by atoms with Gasteiger partial charge in [-0.05, 0) is 66.7 Å². The molecule has 0 heterocycles. The van der Waals surface area contributed by atoms with Crippen LogP contribution in [0.2, 0.25) is 5.02 Å². The van der Waals surface area contributed by atoms with Crippen molar-refractivity contribution in [3.63, 3.8) is 0 Å². The van der Waals surface area contributed by atoms with Gasteiger partial charge in [-0.25, -0.2) is 8.42 Å². The molecule has 0 radical (unpaired) electrons. The van der Waals surface area contributed by atoms with E-state index in [-0.39, 0.29) is 22.3 Å². The van der Waals surface area contributed by atoms with Gasteiger partial charge in [0.1, 0.15) is 17.2 Å². The minimum absolute atomic E-state index is 0.0269. The Morgan fingerprint density at radius 1 is 0.771 bits per heavy atom. The lowest BCUT2D eigenvalue weighted by atomic mass is 10.3. The number of benzene rings is 4. The lowest BCUT2D eigenvalue weighted by Crippen LogP contribution is -2.20. The van der Waals surface area contributed by atoms with Gasteiger partial charge in [0.05, 0.1) is 9.92 Å². The second-order valence-corrected chi connectivity index (χ2v) is 9.43. The number of hydrogen-bond acceptors (Lipinski definition) is 5. The number of halogens is 1. The number of rotatable bonds is 9. The Labute approximate surface area is 208 Å². The fourth-order valence-corrected chi connectivity index (χ4v) is 4.44. The number of anilines is 2. The zero-order valence-corrected chi connectivity index (χ0v) is 19.9. The number of hydrogen-bond donors (Lipinski definition) is 2. The minimum Gasteiger partial charge on any atom is -0.482 e. The Kier molecular flexibility index (Phi) is 7.54. The van der Waals surface area contributed by atoms with Crippen LogP contribution >= 0.6 is 11.6 Å². The molecule has 0 spiro atoms. The summed E-state index contributed by atoms with van der Waals surface area (Å²) in [5, 5.41) is 2.78. The minimum atomic E-state index is -3.83. The second kappa shape index (κ2) is 10.9. The molecule has 9 heteroatoms. The predicted molar refractivity (Wildman–Crippen MR) is 136 cm³/mol. The average molecular weight is 509 g/mol. The molecule has 1 amide bonds. The average Bonchev–Trinajstić information content (AvgIpc) is 2.85. The van der Waals surface area contributed by atoms with Gasteiger partial charge >= 0.3 is 0 Å². The predicted octanol–water partition coefficient (Wildman–Crippen LogP) is 5.95. The molecule has 0 aliphatic carbocycles. The van der Waals surface area contributed by atoms with Gasteiger partial charge in [0.15, 0.2) is 6.61 Å². The molecule has 0 saturated heterocycles. The first-order valence-corrected chi connectivity index (χ1v) is 12.4. The van der Waals surface area contributed by atoms with Crippen molar-refractivity contribution in [1.29, 1.82) is 0 Å². The van der Waals surface area contributed by atoms with E-state index in [2.05, 4.69) is 10.0 Å². The lowest BCUT2D eigenvalue weighted by molar-refractivity contribution is -0.118. The van der Waals surface area contributed by atoms with Crippen LogP contribution in [0.3, 0.4) is 0 Å². The first-order valence-electron chi connectivity index (χ1n) is 10.5. The van der Waals surface area contributed by atoms with Gasteiger partial charge < -0.3 is 14.8 Å². The Balaban J connectivity index is 1.31. The Morgan fingerprint density at radius 2 is 1.40 bits per heavy atom. The highest BCUT2D eigenvalue weighted by molar-refractivity contribution is 7.92. The summed E-state index contributed by atoms with van der Waals surface area (Å²) in [4.78, 5) is 12.3. The molecule has 0 bridgehead atoms. The van der Waals surface area contributed by atoms with Crippen molar-refractivity contribution in [2.45, 2.75) is 4.90 Å². The van der Waals surface area contributed by atoms with Crippen molar-refractivity contribution >= 4 is 38.9 Å². The molecule has 0 unspecified atom stereocenters. The topological polar surface area (TPSA) is 93.7 Å². The van der Waals surface area contributed by atoms with Crippen LogP contribution in [0.5, 0.6) is 17.2 Å². The summed E-state index contributed by atoms with van der Waals surface area (Å²) in [6, 6.07) is 28.8. The fourth-order valence-electron chi connectivity index (χ4n) is 3.06. The molecule has 4 rings (SSSR count). The van der Waals surface area contributed by atoms with Crippen LogP contribution in [-0.4, -0.2) is 20.9 Å². The SMILES string of the molecule is O=C(COc1ccc(S(=O)(=O)Nc2ccccc2)cc1Cl)Nc1ccc(Oc2ccccc2)cc1. The van der Waals surface area contributed by atoms with Crippen molar-refractivity contribution in [3.05, 3.63) is 108 Å². The fraction of sp³-hybridized carbons (Fsp3) is 0.0385. The number of para-hydroxylation sites is 2. The molecule has 4 aromatic rings. The summed E-state index contributed by atoms with van der Waals surface area (Å²) in [6.45, 7) is -0.309. The summed E-state index contributed by atoms with van der Waals surface area (Å²) in [7, 11) is -3.83. The molecule has 7 nitrogen and oxygen atoms in total. The van der Waals surface area contributed by atoms with Gasteiger partial charge in [-0.15, -0.1) is 0 Å². The number of sulfonamides is 1. The van der Waals surface area contributed by atoms with E-state index in [0.29, 0.717) is 22.9 Å². The molecule has 2 N–H and O–H groups in total. The first-order chi connectivity index (χ1) is 16.9. The molecule has 35 heavy (non-hydrogen) atoms. The Hall–Kier alpha value is -4.01. The molecule has 0 aliphatic rings. The van der Waals surface area contributed by atoms with Crippen molar-refractivity contribution < 1.29 is 22.7 Å². The zero-order valence-electron chi connectivity index (χ0n) is 18.3. The second-order valence-electron chi connectivity index (χ2n) is 7.34. The van der Waals surface area contributed by atoms with E-state index in [1.165, 1.54) is 18.2 Å². The lowest BCUT2D eigenvalue weighted by Gasteiger charge is -2.12. The summed E-state index contributed by atoms with van der Waals surface area (Å²) in [5.74, 6) is 1.13. The molecule has 0 aromatic heterocycles. The van der Waals surface area contributed by atoms with E-state index in [1.54, 1.807) is 54.6 Å². The van der Waals surface area contributed by atoms with Crippen LogP contribution < -0.4 is 19.5 Å². The van der Waals surface area contributed by atoms with E-state index in [1.807, 2.05) is 30.3 Å². The number of carbonyl (C=O) groups excluding carboxylic acids is 1. The third kappa shape index (κ3) is 6.75. The summed E-state index contributed by atoms with van der Waals surface area (Å²) in [6.07, 6.45) is 0. The van der Waals surface area contributed by atoms with Crippen LogP contribution in [-0.2, 0) is 14.8 Å². The largest absolute Gasteiger partial charge is 0.482 e. The smallest absolute Gasteiger partial charge is 0.262 e. The highest BCUT2D eigenvalue weighted by Gasteiger charge is 2.17. The highest BCUT2D eigenvalue weighted by atomic mass is 35.5. The van der Waals surface area contributed by atoms with E-state index < -0.39 is 15.9 Å². The molecule has 4 aromatic carbocycles. The number of amides is 1. The third-order valence-electron chi connectivity index (χ3n) is 4.72. The van der Waals surface area contributed by atoms with E-state index >= 15 is 0 Å². The Morgan fingerprint density at radius 3 is 2.06 bits per heavy atom. The van der Waals surface area contributed by atoms with Crippen molar-refractivity contribution in [1.82, 2.24) is 0 Å². The van der Waals surface area contributed by atoms with E-state index in [0.717, 1.165) is 0 Å². The van der Waals surface area contributed by atoms with Crippen LogP contribution in [0, 0.1) is 0 Å².